The third-order valence-corrected chi connectivity index (χ3v) is 5.85. The van der Waals surface area contributed by atoms with Gasteiger partial charge in [0.1, 0.15) is 0 Å². The van der Waals surface area contributed by atoms with Gasteiger partial charge in [-0.2, -0.15) is 0 Å². The fourth-order valence-electron chi connectivity index (χ4n) is 4.37. The zero-order valence-corrected chi connectivity index (χ0v) is 14.4. The van der Waals surface area contributed by atoms with Crippen molar-refractivity contribution in [1.82, 2.24) is 5.32 Å². The third-order valence-electron chi connectivity index (χ3n) is 5.85. The Balaban J connectivity index is 1.80. The molecule has 0 aromatic heterocycles. The molecule has 1 unspecified atom stereocenters. The lowest BCUT2D eigenvalue weighted by Crippen LogP contribution is -2.47. The highest BCUT2D eigenvalue weighted by Gasteiger charge is 2.44. The first-order chi connectivity index (χ1) is 11.5. The van der Waals surface area contributed by atoms with Crippen molar-refractivity contribution in [3.63, 3.8) is 0 Å². The smallest absolute Gasteiger partial charge is 0.248 e. The van der Waals surface area contributed by atoms with Crippen LogP contribution in [0.25, 0.3) is 0 Å². The molecule has 1 atom stereocenters. The maximum Gasteiger partial charge on any atom is 0.248 e. The van der Waals surface area contributed by atoms with Crippen LogP contribution in [0.5, 0.6) is 0 Å². The topological polar surface area (TPSA) is 84.2 Å². The Morgan fingerprint density at radius 2 is 1.96 bits per heavy atom. The standard InChI is InChI=1S/C19H27N3O2/c1-13-5-6-14(17(20)23)12-16(13)22-18(24)15-4-2-3-7-19(15)8-10-21-11-9-19/h5-6,12,15,21H,2-4,7-11H2,1H3,(H2,20,23)(H,22,24). The molecule has 1 spiro atoms. The molecular weight excluding hydrogens is 302 g/mol. The van der Waals surface area contributed by atoms with Crippen molar-refractivity contribution >= 4 is 17.5 Å². The van der Waals surface area contributed by atoms with E-state index in [9.17, 15) is 9.59 Å². The largest absolute Gasteiger partial charge is 0.366 e. The van der Waals surface area contributed by atoms with Crippen LogP contribution in [0.1, 0.15) is 54.4 Å². The molecule has 0 bridgehead atoms. The number of carbonyl (C=O) groups is 2. The fourth-order valence-corrected chi connectivity index (χ4v) is 4.37. The molecule has 130 valence electrons. The van der Waals surface area contributed by atoms with Gasteiger partial charge in [0.15, 0.2) is 0 Å². The zero-order valence-electron chi connectivity index (χ0n) is 14.4. The fraction of sp³-hybridized carbons (Fsp3) is 0.579. The summed E-state index contributed by atoms with van der Waals surface area (Å²) in [4.78, 5) is 24.4. The van der Waals surface area contributed by atoms with E-state index in [1.54, 1.807) is 12.1 Å². The number of rotatable bonds is 3. The summed E-state index contributed by atoms with van der Waals surface area (Å²) in [5.74, 6) is -0.315. The predicted octanol–water partition coefficient (Wildman–Crippen LogP) is 2.59. The molecule has 5 nitrogen and oxygen atoms in total. The number of nitrogens with two attached hydrogens (primary N) is 1. The Labute approximate surface area is 143 Å². The Morgan fingerprint density at radius 3 is 2.67 bits per heavy atom. The van der Waals surface area contributed by atoms with Gasteiger partial charge < -0.3 is 16.4 Å². The monoisotopic (exact) mass is 329 g/mol. The van der Waals surface area contributed by atoms with Gasteiger partial charge in [0.25, 0.3) is 0 Å². The summed E-state index contributed by atoms with van der Waals surface area (Å²) in [7, 11) is 0. The van der Waals surface area contributed by atoms with Crippen LogP contribution in [0.3, 0.4) is 0 Å². The third kappa shape index (κ3) is 3.31. The van der Waals surface area contributed by atoms with Gasteiger partial charge in [0.05, 0.1) is 0 Å². The van der Waals surface area contributed by atoms with Gasteiger partial charge in [0, 0.05) is 17.2 Å². The van der Waals surface area contributed by atoms with Crippen LogP contribution in [0.4, 0.5) is 5.69 Å². The van der Waals surface area contributed by atoms with Gasteiger partial charge in [-0.05, 0) is 68.8 Å². The van der Waals surface area contributed by atoms with Crippen molar-refractivity contribution in [2.45, 2.75) is 45.4 Å². The number of nitrogens with one attached hydrogen (secondary N) is 2. The molecule has 1 aromatic rings. The molecule has 3 rings (SSSR count). The number of aryl methyl sites for hydroxylation is 1. The van der Waals surface area contributed by atoms with Crippen molar-refractivity contribution in [1.29, 1.82) is 0 Å². The first-order valence-electron chi connectivity index (χ1n) is 8.94. The normalized spacial score (nSPS) is 23.0. The molecule has 2 fully saturated rings. The van der Waals surface area contributed by atoms with Crippen molar-refractivity contribution in [3.8, 4) is 0 Å². The van der Waals surface area contributed by atoms with Crippen molar-refractivity contribution in [3.05, 3.63) is 29.3 Å². The Hall–Kier alpha value is -1.88. The molecule has 5 heteroatoms. The van der Waals surface area contributed by atoms with E-state index in [2.05, 4.69) is 10.6 Å². The van der Waals surface area contributed by atoms with Crippen molar-refractivity contribution < 1.29 is 9.59 Å². The highest BCUT2D eigenvalue weighted by molar-refractivity contribution is 5.97. The number of benzene rings is 1. The molecule has 2 amide bonds. The average molecular weight is 329 g/mol. The summed E-state index contributed by atoms with van der Waals surface area (Å²) in [6.07, 6.45) is 6.60. The lowest BCUT2D eigenvalue weighted by Gasteiger charge is -2.46. The maximum absolute atomic E-state index is 13.0. The van der Waals surface area contributed by atoms with Gasteiger partial charge in [0.2, 0.25) is 11.8 Å². The lowest BCUT2D eigenvalue weighted by atomic mass is 9.61. The second kappa shape index (κ2) is 6.93. The van der Waals surface area contributed by atoms with E-state index in [1.165, 1.54) is 6.42 Å². The molecule has 1 aromatic carbocycles. The van der Waals surface area contributed by atoms with Crippen molar-refractivity contribution in [2.75, 3.05) is 18.4 Å². The molecule has 1 heterocycles. The van der Waals surface area contributed by atoms with Crippen LogP contribution in [0.2, 0.25) is 0 Å². The van der Waals surface area contributed by atoms with E-state index in [1.807, 2.05) is 13.0 Å². The molecule has 0 radical (unpaired) electrons. The summed E-state index contributed by atoms with van der Waals surface area (Å²) >= 11 is 0. The quantitative estimate of drug-likeness (QED) is 0.797. The molecule has 4 N–H and O–H groups in total. The second-order valence-corrected chi connectivity index (χ2v) is 7.29. The molecule has 1 aliphatic carbocycles. The molecule has 1 saturated heterocycles. The van der Waals surface area contributed by atoms with E-state index < -0.39 is 5.91 Å². The summed E-state index contributed by atoms with van der Waals surface area (Å²) in [6, 6.07) is 5.21. The summed E-state index contributed by atoms with van der Waals surface area (Å²) in [5.41, 5.74) is 7.58. The number of hydrogen-bond acceptors (Lipinski definition) is 3. The van der Waals surface area contributed by atoms with E-state index >= 15 is 0 Å². The van der Waals surface area contributed by atoms with Crippen LogP contribution in [0.15, 0.2) is 18.2 Å². The van der Waals surface area contributed by atoms with E-state index in [-0.39, 0.29) is 17.2 Å². The van der Waals surface area contributed by atoms with Crippen molar-refractivity contribution in [2.24, 2.45) is 17.1 Å². The summed E-state index contributed by atoms with van der Waals surface area (Å²) < 4.78 is 0. The van der Waals surface area contributed by atoms with E-state index in [0.29, 0.717) is 11.3 Å². The highest BCUT2D eigenvalue weighted by Crippen LogP contribution is 2.48. The average Bonchev–Trinajstić information content (AvgIpc) is 2.57. The SMILES string of the molecule is Cc1ccc(C(N)=O)cc1NC(=O)C1CCCCC12CCNCC2. The van der Waals surface area contributed by atoms with Gasteiger partial charge >= 0.3 is 0 Å². The van der Waals surface area contributed by atoms with Crippen LogP contribution in [0, 0.1) is 18.3 Å². The molecule has 1 aliphatic heterocycles. The van der Waals surface area contributed by atoms with Crippen LogP contribution in [-0.4, -0.2) is 24.9 Å². The maximum atomic E-state index is 13.0. The molecule has 1 saturated carbocycles. The zero-order chi connectivity index (χ0) is 17.2. The molecule has 24 heavy (non-hydrogen) atoms. The van der Waals surface area contributed by atoms with E-state index in [4.69, 9.17) is 5.73 Å². The number of anilines is 1. The minimum absolute atomic E-state index is 0.0602. The summed E-state index contributed by atoms with van der Waals surface area (Å²) in [5, 5.41) is 6.49. The van der Waals surface area contributed by atoms with Crippen LogP contribution < -0.4 is 16.4 Å². The van der Waals surface area contributed by atoms with Gasteiger partial charge in [-0.15, -0.1) is 0 Å². The molecule has 2 aliphatic rings. The minimum atomic E-state index is -0.474. The number of amides is 2. The Bertz CT molecular complexity index is 627. The molecular formula is C19H27N3O2. The first-order valence-corrected chi connectivity index (χ1v) is 8.94. The number of hydrogen-bond donors (Lipinski definition) is 3. The van der Waals surface area contributed by atoms with Gasteiger partial charge in [-0.3, -0.25) is 9.59 Å². The predicted molar refractivity (Wildman–Crippen MR) is 94.8 cm³/mol. The lowest BCUT2D eigenvalue weighted by molar-refractivity contribution is -0.127. The highest BCUT2D eigenvalue weighted by atomic mass is 16.2. The van der Waals surface area contributed by atoms with Gasteiger partial charge in [-0.25, -0.2) is 0 Å². The van der Waals surface area contributed by atoms with Crippen LogP contribution >= 0.6 is 0 Å². The summed E-state index contributed by atoms with van der Waals surface area (Å²) in [6.45, 7) is 3.93. The van der Waals surface area contributed by atoms with Crippen LogP contribution in [-0.2, 0) is 4.79 Å². The number of carbonyl (C=O) groups excluding carboxylic acids is 2. The Morgan fingerprint density at radius 1 is 1.21 bits per heavy atom. The first kappa shape index (κ1) is 17.0. The second-order valence-electron chi connectivity index (χ2n) is 7.29. The number of primary amides is 1. The minimum Gasteiger partial charge on any atom is -0.366 e. The Kier molecular flexibility index (Phi) is 4.90. The van der Waals surface area contributed by atoms with Gasteiger partial charge in [-0.1, -0.05) is 18.9 Å². The number of piperidine rings is 1. The van der Waals surface area contributed by atoms with E-state index in [0.717, 1.165) is 50.8 Å².